The largest absolute Gasteiger partial charge is 0.377 e. The topological polar surface area (TPSA) is 59.9 Å². The molecule has 1 aromatic carbocycles. The number of fused-ring (bicyclic) bond motifs is 1. The number of hydrogen-bond donors (Lipinski definition) is 0. The summed E-state index contributed by atoms with van der Waals surface area (Å²) in [4.78, 5) is 20.5. The summed E-state index contributed by atoms with van der Waals surface area (Å²) < 4.78 is 7.63. The van der Waals surface area contributed by atoms with Gasteiger partial charge in [0.1, 0.15) is 11.6 Å². The Morgan fingerprint density at radius 2 is 2.13 bits per heavy atom. The molecular formula is C24H28N6O. The van der Waals surface area contributed by atoms with Crippen LogP contribution in [0.25, 0.3) is 15.7 Å². The van der Waals surface area contributed by atoms with Crippen LogP contribution in [0.2, 0.25) is 0 Å². The molecule has 1 aliphatic rings. The molecule has 0 spiro atoms. The summed E-state index contributed by atoms with van der Waals surface area (Å²) in [5.74, 6) is 1.80. The van der Waals surface area contributed by atoms with Gasteiger partial charge in [0, 0.05) is 19.0 Å². The van der Waals surface area contributed by atoms with Crippen molar-refractivity contribution in [3.8, 4) is 0 Å². The molecule has 2 atom stereocenters. The second-order valence-corrected chi connectivity index (χ2v) is 8.13. The van der Waals surface area contributed by atoms with E-state index in [1.807, 2.05) is 49.9 Å². The molecule has 7 nitrogen and oxygen atoms in total. The van der Waals surface area contributed by atoms with Gasteiger partial charge in [0.15, 0.2) is 11.2 Å². The van der Waals surface area contributed by atoms with Crippen molar-refractivity contribution >= 4 is 22.4 Å². The Morgan fingerprint density at radius 3 is 2.87 bits per heavy atom. The Bertz CT molecular complexity index is 1240. The Labute approximate surface area is 182 Å². The molecule has 3 heterocycles. The third-order valence-electron chi connectivity index (χ3n) is 6.12. The van der Waals surface area contributed by atoms with Gasteiger partial charge in [0.2, 0.25) is 0 Å². The number of benzene rings is 1. The number of ether oxygens (including phenoxy) is 1. The molecule has 0 amide bonds. The van der Waals surface area contributed by atoms with Gasteiger partial charge in [-0.1, -0.05) is 18.2 Å². The molecule has 1 aliphatic heterocycles. The smallest absolute Gasteiger partial charge is 0.190 e. The molecule has 31 heavy (non-hydrogen) atoms. The minimum absolute atomic E-state index is 0.122. The zero-order chi connectivity index (χ0) is 22.1. The van der Waals surface area contributed by atoms with E-state index in [1.165, 1.54) is 0 Å². The van der Waals surface area contributed by atoms with Gasteiger partial charge in [-0.25, -0.2) is 14.8 Å². The molecule has 1 fully saturated rings. The first-order chi connectivity index (χ1) is 14.9. The zero-order valence-corrected chi connectivity index (χ0v) is 18.8. The van der Waals surface area contributed by atoms with Gasteiger partial charge < -0.3 is 14.2 Å². The molecule has 0 aliphatic carbocycles. The number of rotatable bonds is 3. The van der Waals surface area contributed by atoms with Crippen molar-refractivity contribution in [2.24, 2.45) is 12.0 Å². The van der Waals surface area contributed by atoms with Crippen LogP contribution in [-0.2, 0) is 11.8 Å². The number of hydrogen-bond acceptors (Lipinski definition) is 5. The van der Waals surface area contributed by atoms with Gasteiger partial charge in [-0.2, -0.15) is 0 Å². The van der Waals surface area contributed by atoms with E-state index in [1.54, 1.807) is 0 Å². The molecule has 0 unspecified atom stereocenters. The summed E-state index contributed by atoms with van der Waals surface area (Å²) in [6, 6.07) is 8.05. The molecule has 1 saturated heterocycles. The van der Waals surface area contributed by atoms with E-state index in [-0.39, 0.29) is 12.1 Å². The average Bonchev–Trinajstić information content (AvgIpc) is 2.77. The Kier molecular flexibility index (Phi) is 5.75. The van der Waals surface area contributed by atoms with Crippen molar-refractivity contribution < 1.29 is 4.74 Å². The van der Waals surface area contributed by atoms with Crippen molar-refractivity contribution in [2.75, 3.05) is 24.7 Å². The second-order valence-electron chi connectivity index (χ2n) is 8.13. The number of nitrogens with zero attached hydrogens (tertiary/aromatic N) is 6. The zero-order valence-electron chi connectivity index (χ0n) is 18.8. The van der Waals surface area contributed by atoms with E-state index in [4.69, 9.17) is 26.3 Å². The highest BCUT2D eigenvalue weighted by molar-refractivity contribution is 5.80. The highest BCUT2D eigenvalue weighted by Crippen LogP contribution is 2.28. The number of morpholine rings is 1. The first kappa shape index (κ1) is 21.0. The average molecular weight is 417 g/mol. The van der Waals surface area contributed by atoms with Gasteiger partial charge >= 0.3 is 0 Å². The molecule has 0 bridgehead atoms. The summed E-state index contributed by atoms with van der Waals surface area (Å²) in [6.07, 6.45) is 1.91. The molecule has 0 N–H and O–H groups in total. The lowest BCUT2D eigenvalue weighted by Crippen LogP contribution is -2.44. The van der Waals surface area contributed by atoms with Crippen molar-refractivity contribution in [3.05, 3.63) is 64.3 Å². The lowest BCUT2D eigenvalue weighted by atomic mass is 10.0. The van der Waals surface area contributed by atoms with Gasteiger partial charge in [-0.05, 0) is 44.9 Å². The van der Waals surface area contributed by atoms with Crippen LogP contribution in [0.1, 0.15) is 36.8 Å². The molecule has 4 rings (SSSR count). The number of aromatic nitrogens is 3. The number of pyridine rings is 1. The summed E-state index contributed by atoms with van der Waals surface area (Å²) in [7, 11) is 2.00. The van der Waals surface area contributed by atoms with Gasteiger partial charge in [0.25, 0.3) is 0 Å². The first-order valence-corrected chi connectivity index (χ1v) is 10.6. The van der Waals surface area contributed by atoms with E-state index in [2.05, 4.69) is 29.7 Å². The summed E-state index contributed by atoms with van der Waals surface area (Å²) in [5.41, 5.74) is 4.39. The van der Waals surface area contributed by atoms with Crippen LogP contribution >= 0.6 is 0 Å². The van der Waals surface area contributed by atoms with Crippen LogP contribution < -0.4 is 10.4 Å². The maximum absolute atomic E-state index is 7.40. The van der Waals surface area contributed by atoms with E-state index in [9.17, 15) is 0 Å². The molecule has 0 radical (unpaired) electrons. The fraction of sp³-hybridized carbons (Fsp3) is 0.417. The minimum atomic E-state index is -0.122. The molecule has 7 heteroatoms. The molecular weight excluding hydrogens is 388 g/mol. The molecule has 2 aromatic heterocycles. The fourth-order valence-corrected chi connectivity index (χ4v) is 4.14. The van der Waals surface area contributed by atoms with Crippen LogP contribution in [0.3, 0.4) is 0 Å². The highest BCUT2D eigenvalue weighted by Gasteiger charge is 2.21. The lowest BCUT2D eigenvalue weighted by molar-refractivity contribution is 0.0985. The van der Waals surface area contributed by atoms with Crippen molar-refractivity contribution in [3.63, 3.8) is 0 Å². The monoisotopic (exact) mass is 416 g/mol. The third-order valence-corrected chi connectivity index (χ3v) is 6.12. The van der Waals surface area contributed by atoms with E-state index >= 15 is 0 Å². The first-order valence-electron chi connectivity index (χ1n) is 10.6. The second kappa shape index (κ2) is 8.48. The maximum atomic E-state index is 7.40. The summed E-state index contributed by atoms with van der Waals surface area (Å²) >= 11 is 0. The summed E-state index contributed by atoms with van der Waals surface area (Å²) in [5, 5.41) is 0.975. The highest BCUT2D eigenvalue weighted by atomic mass is 16.5. The predicted molar refractivity (Wildman–Crippen MR) is 122 cm³/mol. The number of aryl methyl sites for hydroxylation is 2. The van der Waals surface area contributed by atoms with E-state index in [0.29, 0.717) is 24.4 Å². The van der Waals surface area contributed by atoms with Crippen LogP contribution in [0, 0.1) is 20.4 Å². The predicted octanol–water partition coefficient (Wildman–Crippen LogP) is 4.02. The van der Waals surface area contributed by atoms with Crippen LogP contribution in [0.15, 0.2) is 35.5 Å². The SMILES string of the molecule is [C-]#[N+]c1cccc([C@@H](C)N=c2nc(C)n(C)c3cnc(N4CCOC[C@H]4C)cc23)c1C. The number of anilines is 1. The summed E-state index contributed by atoms with van der Waals surface area (Å²) in [6.45, 7) is 17.8. The van der Waals surface area contributed by atoms with Crippen molar-refractivity contribution in [1.82, 2.24) is 14.5 Å². The lowest BCUT2D eigenvalue weighted by Gasteiger charge is -2.34. The van der Waals surface area contributed by atoms with Crippen molar-refractivity contribution in [2.45, 2.75) is 39.8 Å². The van der Waals surface area contributed by atoms with Gasteiger partial charge in [-0.15, -0.1) is 0 Å². The van der Waals surface area contributed by atoms with Crippen LogP contribution in [0.5, 0.6) is 0 Å². The molecule has 0 saturated carbocycles. The molecule has 160 valence electrons. The minimum Gasteiger partial charge on any atom is -0.377 e. The van der Waals surface area contributed by atoms with Crippen LogP contribution in [0.4, 0.5) is 11.5 Å². The fourth-order valence-electron chi connectivity index (χ4n) is 4.14. The van der Waals surface area contributed by atoms with Crippen molar-refractivity contribution in [1.29, 1.82) is 0 Å². The Hall–Kier alpha value is -3.24. The maximum Gasteiger partial charge on any atom is 0.190 e. The van der Waals surface area contributed by atoms with Gasteiger partial charge in [-0.3, -0.25) is 4.99 Å². The standard InChI is InChI=1S/C24H28N6O/c1-15-14-31-11-10-30(15)23-12-20-22(13-26-23)29(6)18(4)28-24(20)27-17(3)19-8-7-9-21(25-5)16(19)2/h7-9,12-13,15,17H,10-11,14H2,1-4,6H3/t15-,17-/m1/s1. The van der Waals surface area contributed by atoms with E-state index < -0.39 is 0 Å². The van der Waals surface area contributed by atoms with Gasteiger partial charge in [0.05, 0.1) is 43.6 Å². The Morgan fingerprint density at radius 1 is 1.32 bits per heavy atom. The van der Waals surface area contributed by atoms with E-state index in [0.717, 1.165) is 40.2 Å². The van der Waals surface area contributed by atoms with Crippen LogP contribution in [-0.4, -0.2) is 40.3 Å². The normalized spacial score (nSPS) is 18.3. The molecule has 3 aromatic rings. The quantitative estimate of drug-likeness (QED) is 0.605. The Balaban J connectivity index is 1.87. The third kappa shape index (κ3) is 3.91.